The molecule has 1 heterocycles. The van der Waals surface area contributed by atoms with Gasteiger partial charge in [-0.25, -0.2) is 0 Å². The van der Waals surface area contributed by atoms with E-state index in [9.17, 15) is 0 Å². The first kappa shape index (κ1) is 13.4. The summed E-state index contributed by atoms with van der Waals surface area (Å²) in [5.41, 5.74) is 2.74. The fraction of sp³-hybridized carbons (Fsp3) is 0.625. The quantitative estimate of drug-likeness (QED) is 0.895. The van der Waals surface area contributed by atoms with E-state index in [4.69, 9.17) is 4.74 Å². The zero-order valence-electron chi connectivity index (χ0n) is 11.5. The van der Waals surface area contributed by atoms with Gasteiger partial charge in [-0.1, -0.05) is 35.7 Å². The molecule has 1 saturated carbocycles. The second kappa shape index (κ2) is 5.84. The Bertz CT molecular complexity index is 454. The minimum atomic E-state index is 0.455. The van der Waals surface area contributed by atoms with Gasteiger partial charge in [0, 0.05) is 22.5 Å². The molecule has 104 valence electrons. The molecule has 1 aromatic rings. The molecule has 0 radical (unpaired) electrons. The van der Waals surface area contributed by atoms with Crippen LogP contribution in [0.3, 0.4) is 0 Å². The SMILES string of the molecule is CCNC(c1cc(Br)cc2c1OCC2)C1CCCC1. The predicted octanol–water partition coefficient (Wildman–Crippen LogP) is 4.22. The Morgan fingerprint density at radius 3 is 2.89 bits per heavy atom. The van der Waals surface area contributed by atoms with Gasteiger partial charge in [-0.3, -0.25) is 0 Å². The second-order valence-electron chi connectivity index (χ2n) is 5.66. The van der Waals surface area contributed by atoms with E-state index < -0.39 is 0 Å². The highest BCUT2D eigenvalue weighted by atomic mass is 79.9. The minimum Gasteiger partial charge on any atom is -0.493 e. The molecular formula is C16H22BrNO. The Morgan fingerprint density at radius 2 is 2.16 bits per heavy atom. The highest BCUT2D eigenvalue weighted by Crippen LogP contribution is 2.43. The van der Waals surface area contributed by atoms with E-state index in [0.717, 1.165) is 31.2 Å². The van der Waals surface area contributed by atoms with Crippen LogP contribution in [0.4, 0.5) is 0 Å². The summed E-state index contributed by atoms with van der Waals surface area (Å²) in [6, 6.07) is 4.93. The van der Waals surface area contributed by atoms with Crippen molar-refractivity contribution < 1.29 is 4.74 Å². The van der Waals surface area contributed by atoms with Crippen LogP contribution < -0.4 is 10.1 Å². The summed E-state index contributed by atoms with van der Waals surface area (Å²) in [6.45, 7) is 4.05. The van der Waals surface area contributed by atoms with Crippen molar-refractivity contribution in [2.75, 3.05) is 13.2 Å². The van der Waals surface area contributed by atoms with Crippen LogP contribution in [0, 0.1) is 5.92 Å². The summed E-state index contributed by atoms with van der Waals surface area (Å²) in [7, 11) is 0. The van der Waals surface area contributed by atoms with Gasteiger partial charge in [0.25, 0.3) is 0 Å². The van der Waals surface area contributed by atoms with Crippen molar-refractivity contribution in [1.82, 2.24) is 5.32 Å². The van der Waals surface area contributed by atoms with Crippen LogP contribution in [0.1, 0.15) is 49.8 Å². The zero-order valence-corrected chi connectivity index (χ0v) is 13.1. The zero-order chi connectivity index (χ0) is 13.2. The molecule has 1 N–H and O–H groups in total. The van der Waals surface area contributed by atoms with Crippen LogP contribution in [0.5, 0.6) is 5.75 Å². The van der Waals surface area contributed by atoms with Gasteiger partial charge in [0.15, 0.2) is 0 Å². The number of ether oxygens (including phenoxy) is 1. The average Bonchev–Trinajstić information content (AvgIpc) is 3.05. The highest BCUT2D eigenvalue weighted by molar-refractivity contribution is 9.10. The van der Waals surface area contributed by atoms with Crippen LogP contribution in [-0.2, 0) is 6.42 Å². The molecule has 0 spiro atoms. The number of hydrogen-bond acceptors (Lipinski definition) is 2. The lowest BCUT2D eigenvalue weighted by Crippen LogP contribution is -2.27. The van der Waals surface area contributed by atoms with Crippen molar-refractivity contribution >= 4 is 15.9 Å². The monoisotopic (exact) mass is 323 g/mol. The van der Waals surface area contributed by atoms with Crippen molar-refractivity contribution in [3.8, 4) is 5.75 Å². The van der Waals surface area contributed by atoms with Gasteiger partial charge in [-0.15, -0.1) is 0 Å². The number of halogens is 1. The lowest BCUT2D eigenvalue weighted by atomic mass is 9.90. The van der Waals surface area contributed by atoms with Crippen LogP contribution in [0.25, 0.3) is 0 Å². The van der Waals surface area contributed by atoms with Gasteiger partial charge >= 0.3 is 0 Å². The van der Waals surface area contributed by atoms with Gasteiger partial charge in [-0.2, -0.15) is 0 Å². The van der Waals surface area contributed by atoms with Crippen molar-refractivity contribution in [2.45, 2.75) is 45.1 Å². The molecule has 1 aliphatic carbocycles. The maximum absolute atomic E-state index is 5.91. The third kappa shape index (κ3) is 2.68. The summed E-state index contributed by atoms with van der Waals surface area (Å²) in [6.07, 6.45) is 6.50. The molecule has 0 bridgehead atoms. The predicted molar refractivity (Wildman–Crippen MR) is 81.7 cm³/mol. The maximum atomic E-state index is 5.91. The van der Waals surface area contributed by atoms with Gasteiger partial charge < -0.3 is 10.1 Å². The fourth-order valence-electron chi connectivity index (χ4n) is 3.57. The normalized spacial score (nSPS) is 20.3. The van der Waals surface area contributed by atoms with Gasteiger partial charge in [-0.05, 0) is 43.0 Å². The lowest BCUT2D eigenvalue weighted by molar-refractivity contribution is 0.328. The van der Waals surface area contributed by atoms with Crippen LogP contribution in [-0.4, -0.2) is 13.2 Å². The van der Waals surface area contributed by atoms with Crippen molar-refractivity contribution in [1.29, 1.82) is 0 Å². The van der Waals surface area contributed by atoms with Gasteiger partial charge in [0.1, 0.15) is 5.75 Å². The largest absolute Gasteiger partial charge is 0.493 e. The van der Waals surface area contributed by atoms with E-state index in [1.807, 2.05) is 0 Å². The van der Waals surface area contributed by atoms with E-state index in [1.54, 1.807) is 0 Å². The van der Waals surface area contributed by atoms with Crippen LogP contribution in [0.2, 0.25) is 0 Å². The van der Waals surface area contributed by atoms with E-state index in [1.165, 1.54) is 41.3 Å². The Morgan fingerprint density at radius 1 is 1.37 bits per heavy atom. The molecule has 2 nitrogen and oxygen atoms in total. The standard InChI is InChI=1S/C16H22BrNO/c1-2-18-15(11-5-3-4-6-11)14-10-13(17)9-12-7-8-19-16(12)14/h9-11,15,18H,2-8H2,1H3. The smallest absolute Gasteiger partial charge is 0.127 e. The Kier molecular flexibility index (Phi) is 4.13. The molecule has 0 amide bonds. The molecule has 3 rings (SSSR count). The number of nitrogens with one attached hydrogen (secondary N) is 1. The minimum absolute atomic E-state index is 0.455. The van der Waals surface area contributed by atoms with Crippen molar-refractivity contribution in [2.24, 2.45) is 5.92 Å². The number of benzene rings is 1. The van der Waals surface area contributed by atoms with E-state index in [-0.39, 0.29) is 0 Å². The molecule has 1 atom stereocenters. The first-order valence-corrected chi connectivity index (χ1v) is 8.27. The number of hydrogen-bond donors (Lipinski definition) is 1. The van der Waals surface area contributed by atoms with Crippen LogP contribution >= 0.6 is 15.9 Å². The molecule has 0 saturated heterocycles. The molecule has 3 heteroatoms. The molecule has 1 fully saturated rings. The molecule has 1 aromatic carbocycles. The van der Waals surface area contributed by atoms with Crippen molar-refractivity contribution in [3.63, 3.8) is 0 Å². The molecule has 2 aliphatic rings. The molecule has 1 aliphatic heterocycles. The average molecular weight is 324 g/mol. The Labute approximate surface area is 124 Å². The van der Waals surface area contributed by atoms with Crippen molar-refractivity contribution in [3.05, 3.63) is 27.7 Å². The maximum Gasteiger partial charge on any atom is 0.127 e. The summed E-state index contributed by atoms with van der Waals surface area (Å²) < 4.78 is 7.10. The first-order chi connectivity index (χ1) is 9.29. The first-order valence-electron chi connectivity index (χ1n) is 7.48. The highest BCUT2D eigenvalue weighted by Gasteiger charge is 2.30. The lowest BCUT2D eigenvalue weighted by Gasteiger charge is -2.26. The molecule has 19 heavy (non-hydrogen) atoms. The molecule has 1 unspecified atom stereocenters. The summed E-state index contributed by atoms with van der Waals surface area (Å²) in [4.78, 5) is 0. The fourth-order valence-corrected chi connectivity index (χ4v) is 4.09. The number of rotatable bonds is 4. The summed E-state index contributed by atoms with van der Waals surface area (Å²) in [5, 5.41) is 3.70. The third-order valence-corrected chi connectivity index (χ3v) is 4.87. The molecular weight excluding hydrogens is 302 g/mol. The van der Waals surface area contributed by atoms with E-state index in [0.29, 0.717) is 6.04 Å². The third-order valence-electron chi connectivity index (χ3n) is 4.41. The van der Waals surface area contributed by atoms with Gasteiger partial charge in [0.2, 0.25) is 0 Å². The summed E-state index contributed by atoms with van der Waals surface area (Å²) >= 11 is 3.66. The van der Waals surface area contributed by atoms with E-state index in [2.05, 4.69) is 40.3 Å². The molecule has 0 aromatic heterocycles. The number of fused-ring (bicyclic) bond motifs is 1. The summed E-state index contributed by atoms with van der Waals surface area (Å²) in [5.74, 6) is 1.92. The Balaban J connectivity index is 1.97. The van der Waals surface area contributed by atoms with E-state index >= 15 is 0 Å². The Hall–Kier alpha value is -0.540. The van der Waals surface area contributed by atoms with Crippen LogP contribution in [0.15, 0.2) is 16.6 Å². The second-order valence-corrected chi connectivity index (χ2v) is 6.58. The topological polar surface area (TPSA) is 21.3 Å². The van der Waals surface area contributed by atoms with Gasteiger partial charge in [0.05, 0.1) is 6.61 Å².